The van der Waals surface area contributed by atoms with Gasteiger partial charge in [-0.25, -0.2) is 14.4 Å². The molecule has 3 saturated heterocycles. The number of nitrogens with one attached hydrogen (secondary N) is 2. The Hall–Kier alpha value is -3.00. The van der Waals surface area contributed by atoms with Crippen molar-refractivity contribution < 1.29 is 67.1 Å². The van der Waals surface area contributed by atoms with Crippen LogP contribution in [0.4, 0.5) is 14.4 Å². The number of ether oxygens (including phenoxy) is 7. The molecule has 326 valence electrons. The first kappa shape index (κ1) is 48.4. The predicted molar refractivity (Wildman–Crippen MR) is 206 cm³/mol. The Balaban J connectivity index is 2.16. The molecule has 0 aliphatic carbocycles. The molecule has 20 heteroatoms. The third-order valence-corrected chi connectivity index (χ3v) is 11.5. The van der Waals surface area contributed by atoms with Crippen molar-refractivity contribution >= 4 is 59.0 Å². The van der Waals surface area contributed by atoms with Gasteiger partial charge in [0.15, 0.2) is 23.8 Å². The van der Waals surface area contributed by atoms with Crippen molar-refractivity contribution in [1.29, 1.82) is 0 Å². The number of amides is 2. The number of carbonyl (C=O) groups is 5. The molecule has 0 aromatic rings. The number of oxime groups is 1. The van der Waals surface area contributed by atoms with Crippen LogP contribution in [-0.2, 0) is 47.6 Å². The molecular weight excluding hydrogens is 795 g/mol. The zero-order valence-electron chi connectivity index (χ0n) is 34.6. The summed E-state index contributed by atoms with van der Waals surface area (Å²) < 4.78 is 42.0. The highest BCUT2D eigenvalue weighted by Crippen LogP contribution is 2.42. The number of aliphatic hydroxyl groups excluding tert-OH is 1. The molecule has 3 fully saturated rings. The van der Waals surface area contributed by atoms with E-state index in [1.54, 1.807) is 67.5 Å². The van der Waals surface area contributed by atoms with E-state index in [1.807, 2.05) is 0 Å². The number of hydrogen-bond acceptors (Lipinski definition) is 16. The van der Waals surface area contributed by atoms with Gasteiger partial charge < -0.3 is 53.8 Å². The lowest BCUT2D eigenvalue weighted by molar-refractivity contribution is -0.312. The van der Waals surface area contributed by atoms with E-state index in [2.05, 4.69) is 15.8 Å². The molecule has 0 unspecified atom stereocenters. The summed E-state index contributed by atoms with van der Waals surface area (Å²) in [7, 11) is 4.80. The molecule has 0 radical (unpaired) electrons. The molecule has 3 heterocycles. The number of ketones is 1. The molecule has 0 spiro atoms. The molecule has 0 aromatic carbocycles. The molecular formula is C37H60Cl2N4O14. The lowest BCUT2D eigenvalue weighted by atomic mass is 9.74. The maximum atomic E-state index is 14.3. The number of hydrogen-bond donors (Lipinski definition) is 3. The standard InChI is InChI=1S/C37H60Cl2N4O14/c1-12-23-37(8)30(55-35(49)56-37)19(3)24(42-57-34(48)41-16-14-39)18(2)17-36(7,50-11)29(20(4)26(44)21(5)31(46)52-23)54-32-27(45)25(43(9)10)28(22(6)51-32)53-33(47)40-15-13-38/h18-23,25,27-30,32,45H,12-17H2,1-11H3,(H,40,47)(H,41,48)/b42-24+/t18-,19+,20+,21-,22-,23-,25-,27-,28-,29-,30-,32+,36+,37-/m1/s1. The Morgan fingerprint density at radius 2 is 1.60 bits per heavy atom. The number of carbonyl (C=O) groups excluding carboxylic acids is 5. The maximum absolute atomic E-state index is 14.3. The monoisotopic (exact) mass is 854 g/mol. The van der Waals surface area contributed by atoms with Crippen molar-refractivity contribution in [3.8, 4) is 0 Å². The van der Waals surface area contributed by atoms with E-state index in [1.165, 1.54) is 14.0 Å². The summed E-state index contributed by atoms with van der Waals surface area (Å²) in [4.78, 5) is 73.1. The zero-order valence-corrected chi connectivity index (χ0v) is 36.1. The highest BCUT2D eigenvalue weighted by molar-refractivity contribution is 6.18. The quantitative estimate of drug-likeness (QED) is 0.0676. The number of rotatable bonds is 11. The van der Waals surface area contributed by atoms with Crippen molar-refractivity contribution in [1.82, 2.24) is 15.5 Å². The van der Waals surface area contributed by atoms with Gasteiger partial charge in [-0.15, -0.1) is 23.2 Å². The van der Waals surface area contributed by atoms with E-state index in [-0.39, 0.29) is 43.4 Å². The Kier molecular flexibility index (Phi) is 17.7. The van der Waals surface area contributed by atoms with E-state index in [4.69, 9.17) is 61.2 Å². The van der Waals surface area contributed by atoms with Gasteiger partial charge in [0, 0.05) is 49.7 Å². The van der Waals surface area contributed by atoms with E-state index in [0.29, 0.717) is 0 Å². The van der Waals surface area contributed by atoms with E-state index >= 15 is 0 Å². The normalized spacial score (nSPS) is 38.6. The summed E-state index contributed by atoms with van der Waals surface area (Å²) >= 11 is 11.5. The van der Waals surface area contributed by atoms with Crippen LogP contribution < -0.4 is 10.6 Å². The van der Waals surface area contributed by atoms with Crippen LogP contribution in [-0.4, -0.2) is 152 Å². The van der Waals surface area contributed by atoms with Crippen LogP contribution in [0.3, 0.4) is 0 Å². The first-order chi connectivity index (χ1) is 26.7. The topological polar surface area (TPSA) is 219 Å². The number of likely N-dealkylation sites (N-methyl/N-ethyl adjacent to an activating group) is 1. The third kappa shape index (κ3) is 11.2. The van der Waals surface area contributed by atoms with Gasteiger partial charge in [0.2, 0.25) is 0 Å². The number of nitrogens with zero attached hydrogens (tertiary/aromatic N) is 2. The number of alkyl carbamates (subject to hydrolysis) is 1. The fourth-order valence-electron chi connectivity index (χ4n) is 8.05. The predicted octanol–water partition coefficient (Wildman–Crippen LogP) is 3.60. The average molecular weight is 856 g/mol. The first-order valence-corrected chi connectivity index (χ1v) is 20.2. The van der Waals surface area contributed by atoms with Gasteiger partial charge in [0.1, 0.15) is 24.2 Å². The number of Topliss-reactive ketones (excluding diaryl/α,β-unsaturated/α-hetero) is 1. The van der Waals surface area contributed by atoms with Gasteiger partial charge in [-0.3, -0.25) is 14.4 Å². The summed E-state index contributed by atoms with van der Waals surface area (Å²) in [5.41, 5.74) is -2.73. The minimum absolute atomic E-state index is 0.0395. The number of alkyl halides is 2. The highest BCUT2D eigenvalue weighted by Gasteiger charge is 2.59. The zero-order chi connectivity index (χ0) is 43.0. The molecule has 0 aromatic heterocycles. The van der Waals surface area contributed by atoms with Crippen LogP contribution in [0.2, 0.25) is 0 Å². The maximum Gasteiger partial charge on any atom is 0.509 e. The SMILES string of the molecule is CC[C@H]1OC(=O)[C@H](C)C(=O)[C@H](C)[C@@H](O[C@@H]2O[C@H](C)[C@@H](OC(=O)NCCCl)[C@H](N(C)C)[C@H]2O)[C@@](C)(OC)C[C@@H](C)/C(=N\OC(=O)NCCCl)[C@H](C)[C@H]2OC(=O)O[C@@]21C. The van der Waals surface area contributed by atoms with E-state index < -0.39 is 114 Å². The summed E-state index contributed by atoms with van der Waals surface area (Å²) in [5, 5.41) is 21.1. The summed E-state index contributed by atoms with van der Waals surface area (Å²) in [5.74, 6) is -5.06. The number of esters is 1. The Labute approximate surface area is 344 Å². The lowest BCUT2D eigenvalue weighted by Crippen LogP contribution is -2.65. The Bertz CT molecular complexity index is 1460. The van der Waals surface area contributed by atoms with Crippen LogP contribution in [0.25, 0.3) is 0 Å². The number of halogens is 2. The van der Waals surface area contributed by atoms with Gasteiger partial charge in [-0.05, 0) is 54.6 Å². The van der Waals surface area contributed by atoms with Crippen molar-refractivity contribution in [3.63, 3.8) is 0 Å². The Morgan fingerprint density at radius 1 is 0.982 bits per heavy atom. The van der Waals surface area contributed by atoms with Crippen molar-refractivity contribution in [3.05, 3.63) is 0 Å². The van der Waals surface area contributed by atoms with E-state index in [9.17, 15) is 29.1 Å². The molecule has 3 N–H and O–H groups in total. The van der Waals surface area contributed by atoms with Crippen LogP contribution in [0.1, 0.15) is 68.2 Å². The molecule has 14 atom stereocenters. The molecule has 3 aliphatic rings. The molecule has 18 nitrogen and oxygen atoms in total. The van der Waals surface area contributed by atoms with E-state index in [0.717, 1.165) is 0 Å². The highest BCUT2D eigenvalue weighted by atomic mass is 35.5. The van der Waals surface area contributed by atoms with Gasteiger partial charge in [-0.2, -0.15) is 0 Å². The molecule has 0 saturated carbocycles. The minimum atomic E-state index is -1.54. The Morgan fingerprint density at radius 3 is 2.16 bits per heavy atom. The number of methoxy groups -OCH3 is 1. The summed E-state index contributed by atoms with van der Waals surface area (Å²) in [6, 6.07) is -0.843. The number of aliphatic hydroxyl groups is 1. The lowest BCUT2D eigenvalue weighted by Gasteiger charge is -2.49. The number of cyclic esters (lactones) is 1. The van der Waals surface area contributed by atoms with Crippen LogP contribution in [0, 0.1) is 23.7 Å². The minimum Gasteiger partial charge on any atom is -0.457 e. The second-order valence-electron chi connectivity index (χ2n) is 15.4. The smallest absolute Gasteiger partial charge is 0.457 e. The molecule has 2 amide bonds. The molecule has 0 bridgehead atoms. The van der Waals surface area contributed by atoms with Gasteiger partial charge >= 0.3 is 24.3 Å². The molecule has 3 aliphatic heterocycles. The summed E-state index contributed by atoms with van der Waals surface area (Å²) in [6.07, 6.45) is -10.4. The van der Waals surface area contributed by atoms with Crippen LogP contribution in [0.5, 0.6) is 0 Å². The fraction of sp³-hybridized carbons (Fsp3) is 0.838. The number of fused-ring (bicyclic) bond motifs is 1. The average Bonchev–Trinajstić information content (AvgIpc) is 3.48. The first-order valence-electron chi connectivity index (χ1n) is 19.1. The second-order valence-corrected chi connectivity index (χ2v) is 16.2. The molecule has 3 rings (SSSR count). The van der Waals surface area contributed by atoms with Gasteiger partial charge in [0.05, 0.1) is 29.6 Å². The largest absolute Gasteiger partial charge is 0.509 e. The van der Waals surface area contributed by atoms with Crippen molar-refractivity contribution in [2.24, 2.45) is 28.8 Å². The van der Waals surface area contributed by atoms with Crippen LogP contribution in [0.15, 0.2) is 5.16 Å². The summed E-state index contributed by atoms with van der Waals surface area (Å²) in [6.45, 7) is 13.4. The van der Waals surface area contributed by atoms with Gasteiger partial charge in [0.25, 0.3) is 0 Å². The second kappa shape index (κ2) is 20.8. The van der Waals surface area contributed by atoms with Crippen molar-refractivity contribution in [2.45, 2.75) is 128 Å². The van der Waals surface area contributed by atoms with Crippen LogP contribution >= 0.6 is 23.2 Å². The molecule has 57 heavy (non-hydrogen) atoms. The fourth-order valence-corrected chi connectivity index (χ4v) is 8.24. The van der Waals surface area contributed by atoms with Gasteiger partial charge in [-0.1, -0.05) is 32.9 Å². The third-order valence-electron chi connectivity index (χ3n) is 11.1. The van der Waals surface area contributed by atoms with Crippen molar-refractivity contribution in [2.75, 3.05) is 46.1 Å².